The molecule has 5 heteroatoms. The van der Waals surface area contributed by atoms with E-state index in [-0.39, 0.29) is 11.5 Å². The molecule has 0 spiro atoms. The lowest BCUT2D eigenvalue weighted by Gasteiger charge is -2.39. The minimum absolute atomic E-state index is 0.0784. The van der Waals surface area contributed by atoms with Crippen molar-refractivity contribution >= 4 is 6.09 Å². The number of carbonyl (C=O) groups excluding carboxylic acids is 1. The molecule has 0 aliphatic carbocycles. The fraction of sp³-hybridized carbons (Fsp3) is 0.714. The number of hydrogen-bond donors (Lipinski definition) is 1. The van der Waals surface area contributed by atoms with Gasteiger partial charge in [0, 0.05) is 30.4 Å². The Kier molecular flexibility index (Phi) is 3.56. The summed E-state index contributed by atoms with van der Waals surface area (Å²) in [4.78, 5) is 13.8. The number of hydrogen-bond acceptors (Lipinski definition) is 3. The second-order valence-electron chi connectivity index (χ2n) is 6.50. The molecule has 0 atom stereocenters. The third-order valence-electron chi connectivity index (χ3n) is 3.67. The van der Waals surface area contributed by atoms with Crippen molar-refractivity contribution in [3.8, 4) is 0 Å². The number of nitrogens with zero attached hydrogens (tertiary/aromatic N) is 2. The van der Waals surface area contributed by atoms with Crippen LogP contribution in [0.1, 0.15) is 46.2 Å². The van der Waals surface area contributed by atoms with E-state index in [4.69, 9.17) is 4.74 Å². The van der Waals surface area contributed by atoms with Gasteiger partial charge in [0.15, 0.2) is 0 Å². The molecular formula is C14H23N3O2. The van der Waals surface area contributed by atoms with E-state index in [1.54, 1.807) is 11.1 Å². The SMILES string of the molecule is CC(C)(C)OC(=O)N1CCC(C)(c2ccn[nH]2)CC1. The average molecular weight is 265 g/mol. The smallest absolute Gasteiger partial charge is 0.410 e. The summed E-state index contributed by atoms with van der Waals surface area (Å²) in [6.07, 6.45) is 3.42. The minimum atomic E-state index is -0.429. The first-order valence-corrected chi connectivity index (χ1v) is 6.78. The summed E-state index contributed by atoms with van der Waals surface area (Å²) in [5.74, 6) is 0. The Bertz CT molecular complexity index is 426. The van der Waals surface area contributed by atoms with Crippen molar-refractivity contribution in [3.63, 3.8) is 0 Å². The molecule has 0 saturated carbocycles. The first-order valence-electron chi connectivity index (χ1n) is 6.78. The highest BCUT2D eigenvalue weighted by Gasteiger charge is 2.35. The molecule has 5 nitrogen and oxygen atoms in total. The third kappa shape index (κ3) is 3.28. The van der Waals surface area contributed by atoms with Crippen molar-refractivity contribution in [1.82, 2.24) is 15.1 Å². The topological polar surface area (TPSA) is 58.2 Å². The van der Waals surface area contributed by atoms with E-state index in [0.717, 1.165) is 31.6 Å². The van der Waals surface area contributed by atoms with Gasteiger partial charge in [0.25, 0.3) is 0 Å². The van der Waals surface area contributed by atoms with Crippen LogP contribution in [0.2, 0.25) is 0 Å². The van der Waals surface area contributed by atoms with Crippen LogP contribution >= 0.6 is 0 Å². The Morgan fingerprint density at radius 2 is 2.05 bits per heavy atom. The zero-order valence-corrected chi connectivity index (χ0v) is 12.2. The summed E-state index contributed by atoms with van der Waals surface area (Å²) in [6, 6.07) is 2.02. The van der Waals surface area contributed by atoms with E-state index >= 15 is 0 Å². The van der Waals surface area contributed by atoms with Gasteiger partial charge in [-0.25, -0.2) is 4.79 Å². The van der Waals surface area contributed by atoms with E-state index in [1.807, 2.05) is 26.8 Å². The first-order chi connectivity index (χ1) is 8.80. The Hall–Kier alpha value is -1.52. The van der Waals surface area contributed by atoms with Crippen molar-refractivity contribution in [3.05, 3.63) is 18.0 Å². The van der Waals surface area contributed by atoms with Gasteiger partial charge in [-0.3, -0.25) is 5.10 Å². The zero-order valence-electron chi connectivity index (χ0n) is 12.2. The highest BCUT2D eigenvalue weighted by molar-refractivity contribution is 5.68. The van der Waals surface area contributed by atoms with Gasteiger partial charge in [0.2, 0.25) is 0 Å². The molecule has 1 aliphatic rings. The van der Waals surface area contributed by atoms with Crippen molar-refractivity contribution in [2.45, 2.75) is 51.6 Å². The molecule has 0 unspecified atom stereocenters. The van der Waals surface area contributed by atoms with Gasteiger partial charge in [-0.05, 0) is 39.7 Å². The second-order valence-corrected chi connectivity index (χ2v) is 6.50. The fourth-order valence-electron chi connectivity index (χ4n) is 2.37. The van der Waals surface area contributed by atoms with E-state index in [2.05, 4.69) is 17.1 Å². The molecule has 1 amide bonds. The second kappa shape index (κ2) is 4.87. The fourth-order valence-corrected chi connectivity index (χ4v) is 2.37. The van der Waals surface area contributed by atoms with Crippen molar-refractivity contribution < 1.29 is 9.53 Å². The molecular weight excluding hydrogens is 242 g/mol. The molecule has 0 bridgehead atoms. The van der Waals surface area contributed by atoms with Gasteiger partial charge in [-0.1, -0.05) is 6.92 Å². The average Bonchev–Trinajstić information content (AvgIpc) is 2.81. The molecule has 1 aliphatic heterocycles. The van der Waals surface area contributed by atoms with Crippen LogP contribution in [-0.2, 0) is 10.2 Å². The summed E-state index contributed by atoms with van der Waals surface area (Å²) in [5, 5.41) is 7.06. The molecule has 1 aromatic heterocycles. The van der Waals surface area contributed by atoms with Gasteiger partial charge in [0.1, 0.15) is 5.60 Å². The summed E-state index contributed by atoms with van der Waals surface area (Å²) in [5.41, 5.74) is 0.798. The van der Waals surface area contributed by atoms with Crippen LogP contribution in [0.15, 0.2) is 12.3 Å². The van der Waals surface area contributed by atoms with Crippen LogP contribution in [0.4, 0.5) is 4.79 Å². The normalized spacial score (nSPS) is 19.3. The molecule has 2 heterocycles. The molecule has 106 valence electrons. The van der Waals surface area contributed by atoms with Crippen molar-refractivity contribution in [2.75, 3.05) is 13.1 Å². The number of piperidine rings is 1. The van der Waals surface area contributed by atoms with Crippen LogP contribution < -0.4 is 0 Å². The summed E-state index contributed by atoms with van der Waals surface area (Å²) in [6.45, 7) is 9.35. The Morgan fingerprint density at radius 1 is 1.42 bits per heavy atom. The molecule has 1 N–H and O–H groups in total. The van der Waals surface area contributed by atoms with E-state index in [1.165, 1.54) is 0 Å². The third-order valence-corrected chi connectivity index (χ3v) is 3.67. The number of rotatable bonds is 1. The summed E-state index contributed by atoms with van der Waals surface area (Å²) < 4.78 is 5.40. The maximum Gasteiger partial charge on any atom is 0.410 e. The van der Waals surface area contributed by atoms with Crippen LogP contribution in [0.25, 0.3) is 0 Å². The quantitative estimate of drug-likeness (QED) is 0.849. The maximum absolute atomic E-state index is 12.0. The van der Waals surface area contributed by atoms with Gasteiger partial charge in [-0.2, -0.15) is 5.10 Å². The number of nitrogens with one attached hydrogen (secondary N) is 1. The zero-order chi connectivity index (χ0) is 14.1. The number of carbonyl (C=O) groups is 1. The van der Waals surface area contributed by atoms with Crippen LogP contribution in [-0.4, -0.2) is 39.9 Å². The van der Waals surface area contributed by atoms with Crippen LogP contribution in [0.3, 0.4) is 0 Å². The van der Waals surface area contributed by atoms with Crippen LogP contribution in [0, 0.1) is 0 Å². The van der Waals surface area contributed by atoms with E-state index in [9.17, 15) is 4.79 Å². The number of likely N-dealkylation sites (tertiary alicyclic amines) is 1. The first kappa shape index (κ1) is 13.9. The lowest BCUT2D eigenvalue weighted by Crippen LogP contribution is -2.45. The molecule has 19 heavy (non-hydrogen) atoms. The number of aromatic amines is 1. The van der Waals surface area contributed by atoms with Gasteiger partial charge < -0.3 is 9.64 Å². The Balaban J connectivity index is 1.94. The van der Waals surface area contributed by atoms with Gasteiger partial charge in [-0.15, -0.1) is 0 Å². The van der Waals surface area contributed by atoms with Crippen LogP contribution in [0.5, 0.6) is 0 Å². The van der Waals surface area contributed by atoms with E-state index in [0.29, 0.717) is 0 Å². The predicted molar refractivity (Wildman–Crippen MR) is 73.0 cm³/mol. The van der Waals surface area contributed by atoms with Crippen molar-refractivity contribution in [2.24, 2.45) is 0 Å². The Morgan fingerprint density at radius 3 is 2.53 bits per heavy atom. The molecule has 0 radical (unpaired) electrons. The number of amides is 1. The maximum atomic E-state index is 12.0. The largest absolute Gasteiger partial charge is 0.444 e. The molecule has 1 aromatic rings. The standard InChI is InChI=1S/C14H23N3O2/c1-13(2,3)19-12(18)17-9-6-14(4,7-10-17)11-5-8-15-16-11/h5,8H,6-7,9-10H2,1-4H3,(H,15,16). The molecule has 0 aromatic carbocycles. The van der Waals surface area contributed by atoms with Gasteiger partial charge in [0.05, 0.1) is 0 Å². The predicted octanol–water partition coefficient (Wildman–Crippen LogP) is 2.70. The Labute approximate surface area is 114 Å². The van der Waals surface area contributed by atoms with E-state index < -0.39 is 5.60 Å². The molecule has 1 saturated heterocycles. The molecule has 1 fully saturated rings. The lowest BCUT2D eigenvalue weighted by atomic mass is 9.78. The highest BCUT2D eigenvalue weighted by Crippen LogP contribution is 2.33. The highest BCUT2D eigenvalue weighted by atomic mass is 16.6. The van der Waals surface area contributed by atoms with Gasteiger partial charge >= 0.3 is 6.09 Å². The van der Waals surface area contributed by atoms with Crippen molar-refractivity contribution in [1.29, 1.82) is 0 Å². The minimum Gasteiger partial charge on any atom is -0.444 e. The number of H-pyrrole nitrogens is 1. The summed E-state index contributed by atoms with van der Waals surface area (Å²) >= 11 is 0. The number of aromatic nitrogens is 2. The lowest BCUT2D eigenvalue weighted by molar-refractivity contribution is 0.0170. The monoisotopic (exact) mass is 265 g/mol. The summed E-state index contributed by atoms with van der Waals surface area (Å²) in [7, 11) is 0. The number of ether oxygens (including phenoxy) is 1. The molecule has 2 rings (SSSR count).